The third-order valence-electron chi connectivity index (χ3n) is 3.76. The van der Waals surface area contributed by atoms with Gasteiger partial charge in [-0.1, -0.05) is 46.3 Å². The average molecular weight is 398 g/mol. The molecule has 0 spiro atoms. The second-order valence-corrected chi connectivity index (χ2v) is 6.62. The Morgan fingerprint density at radius 3 is 2.72 bits per heavy atom. The first-order chi connectivity index (χ1) is 12.2. The second kappa shape index (κ2) is 8.58. The van der Waals surface area contributed by atoms with Crippen molar-refractivity contribution in [3.8, 4) is 0 Å². The van der Waals surface area contributed by atoms with Gasteiger partial charge in [0.05, 0.1) is 6.20 Å². The highest BCUT2D eigenvalue weighted by Crippen LogP contribution is 2.21. The molecule has 0 bridgehead atoms. The number of aryl methyl sites for hydroxylation is 2. The van der Waals surface area contributed by atoms with Crippen LogP contribution in [0.3, 0.4) is 0 Å². The number of nitrogens with one attached hydrogen (secondary N) is 2. The number of halogens is 1. The molecule has 6 heteroatoms. The van der Waals surface area contributed by atoms with Gasteiger partial charge < -0.3 is 10.6 Å². The highest BCUT2D eigenvalue weighted by Gasteiger charge is 2.03. The van der Waals surface area contributed by atoms with E-state index in [1.165, 1.54) is 5.56 Å². The van der Waals surface area contributed by atoms with Crippen LogP contribution in [0, 0.1) is 6.92 Å². The van der Waals surface area contributed by atoms with Gasteiger partial charge in [-0.05, 0) is 49.1 Å². The standard InChI is InChI=1S/C19H20BrN5/c1-14-12-16(9-10-17(14)20)23-19-24-18(13-22-25-19)21-11-5-8-15-6-3-2-4-7-15/h2-4,6-7,9-10,12-13H,5,8,11H2,1H3,(H2,21,23,24,25). The zero-order valence-corrected chi connectivity index (χ0v) is 15.6. The van der Waals surface area contributed by atoms with Gasteiger partial charge in [0.25, 0.3) is 0 Å². The third-order valence-corrected chi connectivity index (χ3v) is 4.65. The fourth-order valence-corrected chi connectivity index (χ4v) is 2.69. The van der Waals surface area contributed by atoms with E-state index in [1.54, 1.807) is 6.20 Å². The largest absolute Gasteiger partial charge is 0.369 e. The quantitative estimate of drug-likeness (QED) is 0.564. The lowest BCUT2D eigenvalue weighted by atomic mass is 10.1. The van der Waals surface area contributed by atoms with Crippen LogP contribution in [-0.2, 0) is 6.42 Å². The molecule has 0 saturated carbocycles. The molecule has 2 N–H and O–H groups in total. The van der Waals surface area contributed by atoms with Gasteiger partial charge in [-0.2, -0.15) is 10.1 Å². The van der Waals surface area contributed by atoms with Crippen molar-refractivity contribution in [3.63, 3.8) is 0 Å². The van der Waals surface area contributed by atoms with Gasteiger partial charge >= 0.3 is 0 Å². The van der Waals surface area contributed by atoms with Crippen molar-refractivity contribution in [2.75, 3.05) is 17.2 Å². The first kappa shape index (κ1) is 17.4. The van der Waals surface area contributed by atoms with Gasteiger partial charge in [-0.15, -0.1) is 5.10 Å². The Labute approximate surface area is 156 Å². The Kier molecular flexibility index (Phi) is 5.95. The fraction of sp³-hybridized carbons (Fsp3) is 0.211. The van der Waals surface area contributed by atoms with E-state index in [9.17, 15) is 0 Å². The molecule has 0 aliphatic carbocycles. The summed E-state index contributed by atoms with van der Waals surface area (Å²) in [5.74, 6) is 1.20. The van der Waals surface area contributed by atoms with E-state index in [0.717, 1.165) is 40.9 Å². The van der Waals surface area contributed by atoms with Gasteiger partial charge in [-0.3, -0.25) is 0 Å². The maximum atomic E-state index is 4.46. The van der Waals surface area contributed by atoms with Crippen molar-refractivity contribution in [1.29, 1.82) is 0 Å². The van der Waals surface area contributed by atoms with E-state index >= 15 is 0 Å². The molecule has 3 aromatic rings. The van der Waals surface area contributed by atoms with E-state index in [0.29, 0.717) is 5.95 Å². The Balaban J connectivity index is 1.53. The first-order valence-electron chi connectivity index (χ1n) is 8.21. The molecule has 128 valence electrons. The van der Waals surface area contributed by atoms with Crippen molar-refractivity contribution >= 4 is 33.4 Å². The Morgan fingerprint density at radius 1 is 1.08 bits per heavy atom. The predicted molar refractivity (Wildman–Crippen MR) is 105 cm³/mol. The van der Waals surface area contributed by atoms with Crippen LogP contribution in [0.25, 0.3) is 0 Å². The topological polar surface area (TPSA) is 62.7 Å². The zero-order chi connectivity index (χ0) is 17.5. The van der Waals surface area contributed by atoms with E-state index in [-0.39, 0.29) is 0 Å². The molecule has 0 aliphatic rings. The van der Waals surface area contributed by atoms with Gasteiger partial charge in [0.1, 0.15) is 0 Å². The lowest BCUT2D eigenvalue weighted by Crippen LogP contribution is -2.07. The summed E-state index contributed by atoms with van der Waals surface area (Å²) in [7, 11) is 0. The molecule has 0 fully saturated rings. The van der Waals surface area contributed by atoms with Crippen molar-refractivity contribution in [3.05, 3.63) is 70.3 Å². The fourth-order valence-electron chi connectivity index (χ4n) is 2.45. The Morgan fingerprint density at radius 2 is 1.92 bits per heavy atom. The summed E-state index contributed by atoms with van der Waals surface area (Å²) in [5.41, 5.74) is 3.43. The van der Waals surface area contributed by atoms with Crippen molar-refractivity contribution in [2.45, 2.75) is 19.8 Å². The minimum atomic E-state index is 0.481. The summed E-state index contributed by atoms with van der Waals surface area (Å²) in [6, 6.07) is 16.5. The van der Waals surface area contributed by atoms with Crippen LogP contribution in [0.2, 0.25) is 0 Å². The van der Waals surface area contributed by atoms with Gasteiger partial charge in [0, 0.05) is 16.7 Å². The van der Waals surface area contributed by atoms with E-state index in [4.69, 9.17) is 0 Å². The van der Waals surface area contributed by atoms with Gasteiger partial charge in [0.2, 0.25) is 5.95 Å². The minimum absolute atomic E-state index is 0.481. The number of hydrogen-bond acceptors (Lipinski definition) is 5. The molecule has 0 amide bonds. The maximum absolute atomic E-state index is 4.46. The molecule has 1 aromatic heterocycles. The van der Waals surface area contributed by atoms with Crippen LogP contribution < -0.4 is 10.6 Å². The van der Waals surface area contributed by atoms with Crippen LogP contribution >= 0.6 is 15.9 Å². The SMILES string of the molecule is Cc1cc(Nc2nncc(NCCCc3ccccc3)n2)ccc1Br. The normalized spacial score (nSPS) is 10.5. The molecule has 0 radical (unpaired) electrons. The number of rotatable bonds is 7. The molecule has 0 saturated heterocycles. The molecule has 25 heavy (non-hydrogen) atoms. The zero-order valence-electron chi connectivity index (χ0n) is 14.0. The van der Waals surface area contributed by atoms with E-state index < -0.39 is 0 Å². The molecule has 1 heterocycles. The number of nitrogens with zero attached hydrogens (tertiary/aromatic N) is 3. The molecular formula is C19H20BrN5. The summed E-state index contributed by atoms with van der Waals surface area (Å²) in [4.78, 5) is 4.46. The molecule has 2 aromatic carbocycles. The lowest BCUT2D eigenvalue weighted by Gasteiger charge is -2.09. The molecule has 3 rings (SSSR count). The van der Waals surface area contributed by atoms with Crippen LogP contribution in [0.15, 0.2) is 59.2 Å². The maximum Gasteiger partial charge on any atom is 0.249 e. The van der Waals surface area contributed by atoms with E-state index in [1.807, 2.05) is 31.2 Å². The Bertz CT molecular complexity index is 823. The van der Waals surface area contributed by atoms with Gasteiger partial charge in [0.15, 0.2) is 5.82 Å². The van der Waals surface area contributed by atoms with Crippen LogP contribution in [-0.4, -0.2) is 21.7 Å². The second-order valence-electron chi connectivity index (χ2n) is 5.77. The minimum Gasteiger partial charge on any atom is -0.369 e. The van der Waals surface area contributed by atoms with Crippen molar-refractivity contribution < 1.29 is 0 Å². The predicted octanol–water partition coefficient (Wildman–Crippen LogP) is 4.73. The van der Waals surface area contributed by atoms with Crippen LogP contribution in [0.1, 0.15) is 17.5 Å². The highest BCUT2D eigenvalue weighted by molar-refractivity contribution is 9.10. The smallest absolute Gasteiger partial charge is 0.249 e. The van der Waals surface area contributed by atoms with Gasteiger partial charge in [-0.25, -0.2) is 0 Å². The number of benzene rings is 2. The number of hydrogen-bond donors (Lipinski definition) is 2. The average Bonchev–Trinajstić information content (AvgIpc) is 2.63. The van der Waals surface area contributed by atoms with Crippen LogP contribution in [0.4, 0.5) is 17.5 Å². The molecular weight excluding hydrogens is 378 g/mol. The highest BCUT2D eigenvalue weighted by atomic mass is 79.9. The third kappa shape index (κ3) is 5.26. The lowest BCUT2D eigenvalue weighted by molar-refractivity contribution is 0.853. The molecule has 0 aliphatic heterocycles. The number of anilines is 3. The van der Waals surface area contributed by atoms with Crippen LogP contribution in [0.5, 0.6) is 0 Å². The monoisotopic (exact) mass is 397 g/mol. The summed E-state index contributed by atoms with van der Waals surface area (Å²) in [6.07, 6.45) is 3.71. The number of aromatic nitrogens is 3. The molecule has 5 nitrogen and oxygen atoms in total. The summed E-state index contributed by atoms with van der Waals surface area (Å²) >= 11 is 3.50. The van der Waals surface area contributed by atoms with E-state index in [2.05, 4.69) is 66.0 Å². The van der Waals surface area contributed by atoms with Crippen molar-refractivity contribution in [1.82, 2.24) is 15.2 Å². The Hall–Kier alpha value is -2.47. The summed E-state index contributed by atoms with van der Waals surface area (Å²) in [5, 5.41) is 14.5. The summed E-state index contributed by atoms with van der Waals surface area (Å²) < 4.78 is 1.07. The van der Waals surface area contributed by atoms with Crippen molar-refractivity contribution in [2.24, 2.45) is 0 Å². The first-order valence-corrected chi connectivity index (χ1v) is 9.01. The molecule has 0 unspecified atom stereocenters. The summed E-state index contributed by atoms with van der Waals surface area (Å²) in [6.45, 7) is 2.88. The molecule has 0 atom stereocenters.